The lowest BCUT2D eigenvalue weighted by Crippen LogP contribution is -2.09. The molecule has 0 spiro atoms. The molecule has 4 rings (SSSR count). The first kappa shape index (κ1) is 20.3. The number of aromatic nitrogens is 6. The van der Waals surface area contributed by atoms with E-state index in [0.717, 1.165) is 12.4 Å². The lowest BCUT2D eigenvalue weighted by atomic mass is 10.3. The molecular formula is C17H12ClF3N6O2S. The first-order valence-corrected chi connectivity index (χ1v) is 10.5. The fourth-order valence-corrected chi connectivity index (χ4v) is 3.91. The molecule has 0 unspecified atom stereocenters. The summed E-state index contributed by atoms with van der Waals surface area (Å²) in [5, 5.41) is 4.38. The van der Waals surface area contributed by atoms with Gasteiger partial charge in [-0.2, -0.15) is 18.3 Å². The maximum Gasteiger partial charge on any atom is 0.433 e. The van der Waals surface area contributed by atoms with Crippen LogP contribution in [0.4, 0.5) is 13.2 Å². The Morgan fingerprint density at radius 3 is 2.57 bits per heavy atom. The zero-order chi connectivity index (χ0) is 21.7. The summed E-state index contributed by atoms with van der Waals surface area (Å²) in [6.07, 6.45) is 0.543. The third-order valence-electron chi connectivity index (χ3n) is 4.23. The minimum absolute atomic E-state index is 0.0155. The van der Waals surface area contributed by atoms with E-state index in [9.17, 15) is 21.6 Å². The average molecular weight is 457 g/mol. The Morgan fingerprint density at radius 1 is 1.17 bits per heavy atom. The predicted molar refractivity (Wildman–Crippen MR) is 101 cm³/mol. The second-order valence-corrected chi connectivity index (χ2v) is 8.87. The van der Waals surface area contributed by atoms with Crippen LogP contribution in [-0.2, 0) is 16.0 Å². The van der Waals surface area contributed by atoms with Crippen LogP contribution in [0.5, 0.6) is 0 Å². The molecule has 0 aromatic carbocycles. The van der Waals surface area contributed by atoms with E-state index in [1.54, 1.807) is 0 Å². The van der Waals surface area contributed by atoms with Gasteiger partial charge in [-0.05, 0) is 12.1 Å². The van der Waals surface area contributed by atoms with Gasteiger partial charge in [-0.3, -0.25) is 4.40 Å². The molecule has 0 saturated carbocycles. The third kappa shape index (κ3) is 3.63. The van der Waals surface area contributed by atoms with Crippen molar-refractivity contribution in [2.24, 2.45) is 0 Å². The number of hydrogen-bond acceptors (Lipinski definition) is 6. The Labute approximate surface area is 172 Å². The Hall–Kier alpha value is -2.99. The van der Waals surface area contributed by atoms with Crippen molar-refractivity contribution in [3.63, 3.8) is 0 Å². The summed E-state index contributed by atoms with van der Waals surface area (Å²) < 4.78 is 66.6. The average Bonchev–Trinajstić information content (AvgIpc) is 3.32. The SMILES string of the molecule is CCS(=O)(=O)c1ccc(-n2cc(Cl)cn2)nc1-c1cn2cnc(C(F)(F)F)cc2n1. The van der Waals surface area contributed by atoms with Crippen LogP contribution in [-0.4, -0.2) is 43.3 Å². The fraction of sp³-hybridized carbons (Fsp3) is 0.176. The van der Waals surface area contributed by atoms with Gasteiger partial charge in [0.15, 0.2) is 15.7 Å². The van der Waals surface area contributed by atoms with Crippen molar-refractivity contribution in [1.82, 2.24) is 29.1 Å². The van der Waals surface area contributed by atoms with E-state index in [1.807, 2.05) is 0 Å². The van der Waals surface area contributed by atoms with Crippen molar-refractivity contribution < 1.29 is 21.6 Å². The fourth-order valence-electron chi connectivity index (χ4n) is 2.74. The van der Waals surface area contributed by atoms with Crippen molar-refractivity contribution in [2.75, 3.05) is 5.75 Å². The minimum Gasteiger partial charge on any atom is -0.290 e. The molecule has 4 aromatic rings. The summed E-state index contributed by atoms with van der Waals surface area (Å²) in [7, 11) is -3.70. The molecule has 0 fully saturated rings. The molecule has 0 atom stereocenters. The monoisotopic (exact) mass is 456 g/mol. The van der Waals surface area contributed by atoms with E-state index in [2.05, 4.69) is 20.1 Å². The molecule has 0 amide bonds. The summed E-state index contributed by atoms with van der Waals surface area (Å²) >= 11 is 5.88. The van der Waals surface area contributed by atoms with Gasteiger partial charge in [-0.25, -0.2) is 28.1 Å². The second kappa shape index (κ2) is 7.06. The number of hydrogen-bond donors (Lipinski definition) is 0. The van der Waals surface area contributed by atoms with E-state index in [-0.39, 0.29) is 33.5 Å². The predicted octanol–water partition coefficient (Wildman–Crippen LogP) is 3.44. The molecular weight excluding hydrogens is 445 g/mol. The second-order valence-electron chi connectivity index (χ2n) is 6.19. The number of alkyl halides is 3. The zero-order valence-electron chi connectivity index (χ0n) is 15.2. The highest BCUT2D eigenvalue weighted by molar-refractivity contribution is 7.91. The topological polar surface area (TPSA) is 95.0 Å². The van der Waals surface area contributed by atoms with Crippen molar-refractivity contribution in [3.05, 3.63) is 53.8 Å². The van der Waals surface area contributed by atoms with Gasteiger partial charge < -0.3 is 0 Å². The molecule has 0 radical (unpaired) electrons. The Kier molecular flexibility index (Phi) is 4.77. The van der Waals surface area contributed by atoms with Crippen molar-refractivity contribution >= 4 is 27.1 Å². The highest BCUT2D eigenvalue weighted by Crippen LogP contribution is 2.30. The lowest BCUT2D eigenvalue weighted by Gasteiger charge is -2.09. The van der Waals surface area contributed by atoms with E-state index in [0.29, 0.717) is 5.02 Å². The molecule has 156 valence electrons. The molecule has 4 aromatic heterocycles. The third-order valence-corrected chi connectivity index (χ3v) is 6.18. The Balaban J connectivity index is 1.93. The van der Waals surface area contributed by atoms with Crippen LogP contribution >= 0.6 is 11.6 Å². The molecule has 30 heavy (non-hydrogen) atoms. The van der Waals surface area contributed by atoms with E-state index in [1.165, 1.54) is 46.7 Å². The first-order chi connectivity index (χ1) is 14.1. The number of nitrogens with zero attached hydrogens (tertiary/aromatic N) is 6. The number of halogens is 4. The molecule has 8 nitrogen and oxygen atoms in total. The van der Waals surface area contributed by atoms with Gasteiger partial charge >= 0.3 is 6.18 Å². The van der Waals surface area contributed by atoms with Gasteiger partial charge in [-0.1, -0.05) is 18.5 Å². The normalized spacial score (nSPS) is 12.6. The maximum absolute atomic E-state index is 12.9. The number of fused-ring (bicyclic) bond motifs is 1. The highest BCUT2D eigenvalue weighted by atomic mass is 35.5. The largest absolute Gasteiger partial charge is 0.433 e. The Morgan fingerprint density at radius 2 is 1.93 bits per heavy atom. The highest BCUT2D eigenvalue weighted by Gasteiger charge is 2.33. The number of sulfone groups is 1. The zero-order valence-corrected chi connectivity index (χ0v) is 16.7. The van der Waals surface area contributed by atoms with Crippen LogP contribution in [0.2, 0.25) is 5.02 Å². The van der Waals surface area contributed by atoms with Crippen molar-refractivity contribution in [2.45, 2.75) is 18.0 Å². The summed E-state index contributed by atoms with van der Waals surface area (Å²) in [5.74, 6) is 0.0695. The summed E-state index contributed by atoms with van der Waals surface area (Å²) in [5.41, 5.74) is -1.11. The van der Waals surface area contributed by atoms with Gasteiger partial charge in [-0.15, -0.1) is 0 Å². The number of imidazole rings is 1. The maximum atomic E-state index is 12.9. The molecule has 0 saturated heterocycles. The van der Waals surface area contributed by atoms with Crippen LogP contribution < -0.4 is 0 Å². The molecule has 0 bridgehead atoms. The van der Waals surface area contributed by atoms with Gasteiger partial charge in [0.1, 0.15) is 29.1 Å². The van der Waals surface area contributed by atoms with Gasteiger partial charge in [0.2, 0.25) is 0 Å². The van der Waals surface area contributed by atoms with Gasteiger partial charge in [0, 0.05) is 12.3 Å². The molecule has 13 heteroatoms. The molecule has 4 heterocycles. The molecule has 0 aliphatic rings. The Bertz CT molecular complexity index is 1360. The van der Waals surface area contributed by atoms with E-state index < -0.39 is 21.7 Å². The quantitative estimate of drug-likeness (QED) is 0.467. The van der Waals surface area contributed by atoms with Crippen LogP contribution in [0, 0.1) is 0 Å². The number of pyridine rings is 1. The van der Waals surface area contributed by atoms with Crippen LogP contribution in [0.1, 0.15) is 12.6 Å². The molecule has 0 aliphatic heterocycles. The van der Waals surface area contributed by atoms with Crippen molar-refractivity contribution in [1.29, 1.82) is 0 Å². The number of rotatable bonds is 4. The summed E-state index contributed by atoms with van der Waals surface area (Å²) in [6, 6.07) is 3.58. The van der Waals surface area contributed by atoms with Crippen molar-refractivity contribution in [3.8, 4) is 17.2 Å². The van der Waals surface area contributed by atoms with Crippen LogP contribution in [0.25, 0.3) is 22.9 Å². The molecule has 0 aliphatic carbocycles. The van der Waals surface area contributed by atoms with Gasteiger partial charge in [0.25, 0.3) is 0 Å². The smallest absolute Gasteiger partial charge is 0.290 e. The van der Waals surface area contributed by atoms with Crippen LogP contribution in [0.3, 0.4) is 0 Å². The minimum atomic E-state index is -4.64. The summed E-state index contributed by atoms with van der Waals surface area (Å²) in [4.78, 5) is 11.8. The van der Waals surface area contributed by atoms with E-state index in [4.69, 9.17) is 11.6 Å². The first-order valence-electron chi connectivity index (χ1n) is 8.45. The van der Waals surface area contributed by atoms with Gasteiger partial charge in [0.05, 0.1) is 28.1 Å². The van der Waals surface area contributed by atoms with E-state index >= 15 is 0 Å². The molecule has 0 N–H and O–H groups in total. The lowest BCUT2D eigenvalue weighted by molar-refractivity contribution is -0.141. The van der Waals surface area contributed by atoms with Crippen LogP contribution in [0.15, 0.2) is 48.0 Å². The summed E-state index contributed by atoms with van der Waals surface area (Å²) in [6.45, 7) is 1.48. The standard InChI is InChI=1S/C17H12ClF3N6O2S/c1-2-30(28,29)12-3-4-14(27-7-10(18)6-23-27)25-16(12)11-8-26-9-22-13(17(19,20)21)5-15(26)24-11/h3-9H,2H2,1H3.